The van der Waals surface area contributed by atoms with Gasteiger partial charge in [0, 0.05) is 19.2 Å². The van der Waals surface area contributed by atoms with E-state index in [1.54, 1.807) is 6.07 Å². The van der Waals surface area contributed by atoms with Crippen molar-refractivity contribution in [1.29, 1.82) is 0 Å². The SMILES string of the molecule is CN1c2cc([N+](=O)[O-])ccc2CCS1(=O)=O. The van der Waals surface area contributed by atoms with Gasteiger partial charge in [0.05, 0.1) is 16.4 Å². The summed E-state index contributed by atoms with van der Waals surface area (Å²) in [6.45, 7) is 0. The zero-order valence-corrected chi connectivity index (χ0v) is 9.40. The van der Waals surface area contributed by atoms with Crippen LogP contribution >= 0.6 is 0 Å². The van der Waals surface area contributed by atoms with Gasteiger partial charge in [-0.3, -0.25) is 14.4 Å². The topological polar surface area (TPSA) is 80.5 Å². The first-order valence-electron chi connectivity index (χ1n) is 4.66. The first kappa shape index (κ1) is 10.9. The quantitative estimate of drug-likeness (QED) is 0.541. The second-order valence-electron chi connectivity index (χ2n) is 3.60. The Balaban J connectivity index is 2.57. The molecule has 1 aromatic carbocycles. The van der Waals surface area contributed by atoms with Gasteiger partial charge in [0.1, 0.15) is 0 Å². The van der Waals surface area contributed by atoms with Crippen molar-refractivity contribution in [2.75, 3.05) is 17.1 Å². The van der Waals surface area contributed by atoms with Crippen LogP contribution in [0.5, 0.6) is 0 Å². The third-order valence-electron chi connectivity index (χ3n) is 2.67. The molecular formula is C9H10N2O4S. The highest BCUT2D eigenvalue weighted by atomic mass is 32.2. The van der Waals surface area contributed by atoms with Crippen LogP contribution in [0.25, 0.3) is 0 Å². The summed E-state index contributed by atoms with van der Waals surface area (Å²) in [6, 6.07) is 4.30. The molecule has 16 heavy (non-hydrogen) atoms. The molecule has 2 rings (SSSR count). The third-order valence-corrected chi connectivity index (χ3v) is 4.42. The standard InChI is InChI=1S/C9H10N2O4S/c1-10-9-6-8(11(12)13)3-2-7(9)4-5-16(10,14)15/h2-3,6H,4-5H2,1H3. The summed E-state index contributed by atoms with van der Waals surface area (Å²) in [7, 11) is -1.89. The van der Waals surface area contributed by atoms with Gasteiger partial charge in [-0.25, -0.2) is 8.42 Å². The maximum Gasteiger partial charge on any atom is 0.271 e. The number of nitro benzene ring substituents is 1. The van der Waals surface area contributed by atoms with E-state index in [1.165, 1.54) is 19.2 Å². The number of fused-ring (bicyclic) bond motifs is 1. The summed E-state index contributed by atoms with van der Waals surface area (Å²) >= 11 is 0. The summed E-state index contributed by atoms with van der Waals surface area (Å²) in [4.78, 5) is 10.1. The Kier molecular flexibility index (Phi) is 2.34. The maximum atomic E-state index is 11.6. The Labute approximate surface area is 92.7 Å². The fourth-order valence-electron chi connectivity index (χ4n) is 1.70. The van der Waals surface area contributed by atoms with Crippen molar-refractivity contribution in [1.82, 2.24) is 0 Å². The lowest BCUT2D eigenvalue weighted by Gasteiger charge is -2.26. The van der Waals surface area contributed by atoms with Crippen LogP contribution in [-0.2, 0) is 16.4 Å². The maximum absolute atomic E-state index is 11.6. The molecule has 0 N–H and O–H groups in total. The Bertz CT molecular complexity index is 553. The average molecular weight is 242 g/mol. The van der Waals surface area contributed by atoms with Crippen molar-refractivity contribution in [2.24, 2.45) is 0 Å². The number of benzene rings is 1. The minimum Gasteiger partial charge on any atom is -0.273 e. The molecule has 1 aliphatic heterocycles. The molecule has 0 saturated carbocycles. The molecule has 0 bridgehead atoms. The first-order valence-corrected chi connectivity index (χ1v) is 6.26. The monoisotopic (exact) mass is 242 g/mol. The minimum absolute atomic E-state index is 0.0499. The molecule has 0 saturated heterocycles. The molecule has 1 aromatic rings. The number of non-ortho nitro benzene ring substituents is 1. The molecule has 0 amide bonds. The number of anilines is 1. The zero-order valence-electron chi connectivity index (χ0n) is 8.58. The summed E-state index contributed by atoms with van der Waals surface area (Å²) in [5.41, 5.74) is 1.13. The van der Waals surface area contributed by atoms with Gasteiger partial charge in [-0.1, -0.05) is 6.07 Å². The van der Waals surface area contributed by atoms with Crippen molar-refractivity contribution in [3.05, 3.63) is 33.9 Å². The lowest BCUT2D eigenvalue weighted by atomic mass is 10.1. The van der Waals surface area contributed by atoms with Gasteiger partial charge < -0.3 is 0 Å². The van der Waals surface area contributed by atoms with E-state index in [-0.39, 0.29) is 11.4 Å². The van der Waals surface area contributed by atoms with E-state index in [1.807, 2.05) is 0 Å². The van der Waals surface area contributed by atoms with Crippen molar-refractivity contribution < 1.29 is 13.3 Å². The van der Waals surface area contributed by atoms with Crippen molar-refractivity contribution in [3.8, 4) is 0 Å². The van der Waals surface area contributed by atoms with Gasteiger partial charge in [0.2, 0.25) is 10.0 Å². The highest BCUT2D eigenvalue weighted by Gasteiger charge is 2.27. The molecule has 1 heterocycles. The second-order valence-corrected chi connectivity index (χ2v) is 5.72. The van der Waals surface area contributed by atoms with Gasteiger partial charge in [0.25, 0.3) is 5.69 Å². The smallest absolute Gasteiger partial charge is 0.271 e. The van der Waals surface area contributed by atoms with Crippen molar-refractivity contribution >= 4 is 21.4 Å². The van der Waals surface area contributed by atoms with E-state index in [9.17, 15) is 18.5 Å². The van der Waals surface area contributed by atoms with Crippen molar-refractivity contribution in [2.45, 2.75) is 6.42 Å². The van der Waals surface area contributed by atoms with Crippen LogP contribution in [0.3, 0.4) is 0 Å². The molecule has 0 unspecified atom stereocenters. The minimum atomic E-state index is -3.31. The number of hydrogen-bond donors (Lipinski definition) is 0. The molecule has 1 aliphatic rings. The fraction of sp³-hybridized carbons (Fsp3) is 0.333. The van der Waals surface area contributed by atoms with Gasteiger partial charge in [-0.2, -0.15) is 0 Å². The van der Waals surface area contributed by atoms with Crippen LogP contribution in [0.4, 0.5) is 11.4 Å². The summed E-state index contributed by atoms with van der Waals surface area (Å²) < 4.78 is 24.3. The number of nitro groups is 1. The Morgan fingerprint density at radius 2 is 2.12 bits per heavy atom. The van der Waals surface area contributed by atoms with Crippen LogP contribution in [0, 0.1) is 10.1 Å². The van der Waals surface area contributed by atoms with Crippen LogP contribution in [0.1, 0.15) is 5.56 Å². The van der Waals surface area contributed by atoms with Crippen LogP contribution < -0.4 is 4.31 Å². The molecule has 0 aliphatic carbocycles. The first-order chi connectivity index (χ1) is 7.42. The molecule has 0 aromatic heterocycles. The molecule has 7 heteroatoms. The summed E-state index contributed by atoms with van der Waals surface area (Å²) in [5.74, 6) is 0.0499. The van der Waals surface area contributed by atoms with E-state index in [4.69, 9.17) is 0 Å². The predicted octanol–water partition coefficient (Wildman–Crippen LogP) is 0.917. The van der Waals surface area contributed by atoms with Gasteiger partial charge in [0.15, 0.2) is 0 Å². The molecular weight excluding hydrogens is 232 g/mol. The predicted molar refractivity (Wildman–Crippen MR) is 59.0 cm³/mol. The number of rotatable bonds is 1. The fourth-order valence-corrected chi connectivity index (χ4v) is 2.92. The largest absolute Gasteiger partial charge is 0.273 e. The summed E-state index contributed by atoms with van der Waals surface area (Å²) in [6.07, 6.45) is 0.403. The highest BCUT2D eigenvalue weighted by Crippen LogP contribution is 2.31. The molecule has 0 atom stereocenters. The molecule has 0 radical (unpaired) electrons. The average Bonchev–Trinajstić information content (AvgIpc) is 2.23. The molecule has 6 nitrogen and oxygen atoms in total. The number of hydrogen-bond acceptors (Lipinski definition) is 4. The van der Waals surface area contributed by atoms with Gasteiger partial charge in [-0.05, 0) is 12.0 Å². The third kappa shape index (κ3) is 1.63. The Morgan fingerprint density at radius 3 is 2.75 bits per heavy atom. The second kappa shape index (κ2) is 3.44. The van der Waals surface area contributed by atoms with E-state index in [0.29, 0.717) is 12.1 Å². The molecule has 86 valence electrons. The lowest BCUT2D eigenvalue weighted by Crippen LogP contribution is -2.34. The number of sulfonamides is 1. The van der Waals surface area contributed by atoms with Crippen molar-refractivity contribution in [3.63, 3.8) is 0 Å². The zero-order chi connectivity index (χ0) is 11.9. The van der Waals surface area contributed by atoms with E-state index in [0.717, 1.165) is 9.87 Å². The Morgan fingerprint density at radius 1 is 1.44 bits per heavy atom. The van der Waals surface area contributed by atoms with Crippen LogP contribution in [0.2, 0.25) is 0 Å². The normalized spacial score (nSPS) is 17.9. The number of nitrogens with zero attached hydrogens (tertiary/aromatic N) is 2. The van der Waals surface area contributed by atoms with Gasteiger partial charge in [-0.15, -0.1) is 0 Å². The molecule has 0 spiro atoms. The van der Waals surface area contributed by atoms with E-state index < -0.39 is 14.9 Å². The van der Waals surface area contributed by atoms with E-state index in [2.05, 4.69) is 0 Å². The van der Waals surface area contributed by atoms with Crippen LogP contribution in [-0.4, -0.2) is 26.1 Å². The lowest BCUT2D eigenvalue weighted by molar-refractivity contribution is -0.384. The van der Waals surface area contributed by atoms with Gasteiger partial charge >= 0.3 is 0 Å². The number of aryl methyl sites for hydroxylation is 1. The Hall–Kier alpha value is -1.63. The summed E-state index contributed by atoms with van der Waals surface area (Å²) in [5, 5.41) is 10.6. The van der Waals surface area contributed by atoms with Crippen LogP contribution in [0.15, 0.2) is 18.2 Å². The molecule has 0 fully saturated rings. The highest BCUT2D eigenvalue weighted by molar-refractivity contribution is 7.92. The van der Waals surface area contributed by atoms with E-state index >= 15 is 0 Å².